The van der Waals surface area contributed by atoms with E-state index in [1.807, 2.05) is 12.1 Å². The highest BCUT2D eigenvalue weighted by Gasteiger charge is 2.31. The van der Waals surface area contributed by atoms with Gasteiger partial charge in [0.25, 0.3) is 0 Å². The Bertz CT molecular complexity index is 567. The zero-order chi connectivity index (χ0) is 16.3. The zero-order valence-electron chi connectivity index (χ0n) is 13.3. The van der Waals surface area contributed by atoms with Crippen molar-refractivity contribution in [2.24, 2.45) is 0 Å². The maximum absolute atomic E-state index is 12.0. The summed E-state index contributed by atoms with van der Waals surface area (Å²) >= 11 is 6.34. The van der Waals surface area contributed by atoms with Crippen LogP contribution in [-0.2, 0) is 0 Å². The number of urea groups is 1. The number of carbonyl (C=O) groups is 1. The number of nitrogens with one attached hydrogen (secondary N) is 2. The minimum Gasteiger partial charge on any atom is -0.388 e. The molecule has 5 nitrogen and oxygen atoms in total. The van der Waals surface area contributed by atoms with Crippen LogP contribution in [0.25, 0.3) is 0 Å². The number of rotatable bonds is 4. The highest BCUT2D eigenvalue weighted by molar-refractivity contribution is 6.33. The molecule has 2 fully saturated rings. The molecule has 1 aromatic rings. The van der Waals surface area contributed by atoms with E-state index >= 15 is 0 Å². The Morgan fingerprint density at radius 3 is 2.57 bits per heavy atom. The van der Waals surface area contributed by atoms with Gasteiger partial charge in [-0.25, -0.2) is 4.79 Å². The number of amides is 2. The average molecular weight is 338 g/mol. The monoisotopic (exact) mass is 337 g/mol. The van der Waals surface area contributed by atoms with Crippen molar-refractivity contribution in [3.05, 3.63) is 23.2 Å². The van der Waals surface area contributed by atoms with Crippen LogP contribution in [0.4, 0.5) is 16.2 Å². The summed E-state index contributed by atoms with van der Waals surface area (Å²) in [4.78, 5) is 14.2. The summed E-state index contributed by atoms with van der Waals surface area (Å²) in [7, 11) is 0. The lowest BCUT2D eigenvalue weighted by atomic mass is 10.0. The molecule has 1 heterocycles. The molecule has 3 N–H and O–H groups in total. The minimum atomic E-state index is -0.741. The molecule has 1 aromatic carbocycles. The van der Waals surface area contributed by atoms with Crippen molar-refractivity contribution in [3.8, 4) is 0 Å². The molecule has 0 unspecified atom stereocenters. The van der Waals surface area contributed by atoms with E-state index in [-0.39, 0.29) is 6.03 Å². The van der Waals surface area contributed by atoms with Gasteiger partial charge in [0, 0.05) is 25.3 Å². The van der Waals surface area contributed by atoms with Crippen molar-refractivity contribution >= 4 is 29.0 Å². The van der Waals surface area contributed by atoms with E-state index in [2.05, 4.69) is 15.5 Å². The molecular weight excluding hydrogens is 314 g/mol. The number of anilines is 2. The Morgan fingerprint density at radius 2 is 1.91 bits per heavy atom. The van der Waals surface area contributed by atoms with Crippen molar-refractivity contribution in [3.63, 3.8) is 0 Å². The highest BCUT2D eigenvalue weighted by Crippen LogP contribution is 2.31. The third kappa shape index (κ3) is 4.09. The minimum absolute atomic E-state index is 0.290. The number of benzene rings is 1. The Hall–Kier alpha value is -1.46. The third-order valence-electron chi connectivity index (χ3n) is 4.76. The van der Waals surface area contributed by atoms with Crippen molar-refractivity contribution in [2.45, 2.75) is 44.1 Å². The topological polar surface area (TPSA) is 64.6 Å². The van der Waals surface area contributed by atoms with Gasteiger partial charge in [-0.3, -0.25) is 0 Å². The van der Waals surface area contributed by atoms with E-state index in [9.17, 15) is 9.90 Å². The fourth-order valence-corrected chi connectivity index (χ4v) is 3.73. The van der Waals surface area contributed by atoms with E-state index in [1.54, 1.807) is 6.07 Å². The molecule has 0 radical (unpaired) electrons. The Morgan fingerprint density at radius 1 is 1.22 bits per heavy atom. The summed E-state index contributed by atoms with van der Waals surface area (Å²) in [5.41, 5.74) is 0.943. The van der Waals surface area contributed by atoms with E-state index in [0.717, 1.165) is 44.5 Å². The first kappa shape index (κ1) is 16.4. The fourth-order valence-electron chi connectivity index (χ4n) is 3.43. The molecule has 23 heavy (non-hydrogen) atoms. The van der Waals surface area contributed by atoms with Gasteiger partial charge in [0.15, 0.2) is 0 Å². The van der Waals surface area contributed by atoms with Gasteiger partial charge in [0.2, 0.25) is 0 Å². The van der Waals surface area contributed by atoms with Crippen molar-refractivity contribution < 1.29 is 9.90 Å². The Labute approximate surface area is 142 Å². The first-order valence-corrected chi connectivity index (χ1v) is 8.75. The van der Waals surface area contributed by atoms with Crippen LogP contribution >= 0.6 is 11.6 Å². The Kier molecular flexibility index (Phi) is 4.97. The lowest BCUT2D eigenvalue weighted by Gasteiger charge is -2.22. The van der Waals surface area contributed by atoms with Crippen LogP contribution in [0, 0.1) is 0 Å². The Balaban J connectivity index is 1.55. The zero-order valence-corrected chi connectivity index (χ0v) is 14.0. The summed E-state index contributed by atoms with van der Waals surface area (Å²) in [6.45, 7) is 2.36. The quantitative estimate of drug-likeness (QED) is 0.789. The highest BCUT2D eigenvalue weighted by atomic mass is 35.5. The van der Waals surface area contributed by atoms with Gasteiger partial charge in [-0.1, -0.05) is 24.4 Å². The number of aliphatic hydroxyl groups is 1. The molecule has 0 spiro atoms. The smallest absolute Gasteiger partial charge is 0.319 e. The lowest BCUT2D eigenvalue weighted by Crippen LogP contribution is -2.42. The number of nitrogens with zero attached hydrogens (tertiary/aromatic N) is 1. The molecule has 126 valence electrons. The van der Waals surface area contributed by atoms with E-state index < -0.39 is 5.60 Å². The van der Waals surface area contributed by atoms with E-state index in [0.29, 0.717) is 17.3 Å². The van der Waals surface area contributed by atoms with Crippen molar-refractivity contribution in [1.29, 1.82) is 0 Å². The fraction of sp³-hybridized carbons (Fsp3) is 0.588. The van der Waals surface area contributed by atoms with Crippen molar-refractivity contribution in [1.82, 2.24) is 5.32 Å². The third-order valence-corrected chi connectivity index (χ3v) is 5.07. The summed E-state index contributed by atoms with van der Waals surface area (Å²) in [5.74, 6) is 0. The molecule has 1 saturated carbocycles. The maximum Gasteiger partial charge on any atom is 0.319 e. The van der Waals surface area contributed by atoms with Crippen LogP contribution in [0.5, 0.6) is 0 Å². The second-order valence-corrected chi connectivity index (χ2v) is 7.01. The molecule has 2 amide bonds. The summed E-state index contributed by atoms with van der Waals surface area (Å²) in [6.07, 6.45) is 5.94. The van der Waals surface area contributed by atoms with Crippen LogP contribution in [0.2, 0.25) is 5.02 Å². The average Bonchev–Trinajstić information content (AvgIpc) is 3.18. The van der Waals surface area contributed by atoms with Gasteiger partial charge in [-0.05, 0) is 43.9 Å². The normalized spacial score (nSPS) is 19.8. The molecular formula is C17H24ClN3O2. The number of halogens is 1. The molecule has 2 aliphatic rings. The van der Waals surface area contributed by atoms with Gasteiger partial charge in [-0.2, -0.15) is 0 Å². The number of carbonyl (C=O) groups excluding carboxylic acids is 1. The van der Waals surface area contributed by atoms with E-state index in [4.69, 9.17) is 11.6 Å². The predicted octanol–water partition coefficient (Wildman–Crippen LogP) is 3.37. The summed E-state index contributed by atoms with van der Waals surface area (Å²) in [6, 6.07) is 5.28. The second-order valence-electron chi connectivity index (χ2n) is 6.60. The predicted molar refractivity (Wildman–Crippen MR) is 93.3 cm³/mol. The molecule has 1 aliphatic carbocycles. The van der Waals surface area contributed by atoms with Crippen LogP contribution < -0.4 is 15.5 Å². The molecule has 0 atom stereocenters. The summed E-state index contributed by atoms with van der Waals surface area (Å²) < 4.78 is 0. The van der Waals surface area contributed by atoms with Crippen molar-refractivity contribution in [2.75, 3.05) is 29.9 Å². The van der Waals surface area contributed by atoms with Gasteiger partial charge >= 0.3 is 6.03 Å². The standard InChI is InChI=1S/C17H24ClN3O2/c18-14-11-13(5-6-15(14)21-9-3-4-10-21)20-16(22)19-12-17(23)7-1-2-8-17/h5-6,11,23H,1-4,7-10,12H2,(H2,19,20,22). The molecule has 0 bridgehead atoms. The van der Waals surface area contributed by atoms with Crippen LogP contribution in [0.15, 0.2) is 18.2 Å². The number of hydrogen-bond acceptors (Lipinski definition) is 3. The molecule has 0 aromatic heterocycles. The first-order chi connectivity index (χ1) is 11.1. The summed E-state index contributed by atoms with van der Waals surface area (Å²) in [5, 5.41) is 16.4. The molecule has 6 heteroatoms. The maximum atomic E-state index is 12.0. The van der Waals surface area contributed by atoms with Crippen LogP contribution in [0.3, 0.4) is 0 Å². The van der Waals surface area contributed by atoms with Crippen LogP contribution in [0.1, 0.15) is 38.5 Å². The van der Waals surface area contributed by atoms with Crippen LogP contribution in [-0.4, -0.2) is 36.4 Å². The number of hydrogen-bond donors (Lipinski definition) is 3. The molecule has 1 aliphatic heterocycles. The van der Waals surface area contributed by atoms with Gasteiger partial charge in [-0.15, -0.1) is 0 Å². The second kappa shape index (κ2) is 6.97. The SMILES string of the molecule is O=C(NCC1(O)CCCC1)Nc1ccc(N2CCCC2)c(Cl)c1. The largest absolute Gasteiger partial charge is 0.388 e. The van der Waals surface area contributed by atoms with Gasteiger partial charge < -0.3 is 20.6 Å². The molecule has 3 rings (SSSR count). The van der Waals surface area contributed by atoms with Gasteiger partial charge in [0.1, 0.15) is 0 Å². The molecule has 1 saturated heterocycles. The van der Waals surface area contributed by atoms with E-state index in [1.165, 1.54) is 12.8 Å². The lowest BCUT2D eigenvalue weighted by molar-refractivity contribution is 0.0506. The first-order valence-electron chi connectivity index (χ1n) is 8.38. The van der Waals surface area contributed by atoms with Gasteiger partial charge in [0.05, 0.1) is 16.3 Å².